The minimum absolute atomic E-state index is 0.0658. The number of nitro groups is 1. The number of phenols is 1. The zero-order valence-electron chi connectivity index (χ0n) is 12.0. The van der Waals surface area contributed by atoms with Gasteiger partial charge in [-0.3, -0.25) is 10.1 Å². The predicted molar refractivity (Wildman–Crippen MR) is 80.6 cm³/mol. The molecule has 1 aromatic carbocycles. The van der Waals surface area contributed by atoms with Gasteiger partial charge in [-0.15, -0.1) is 0 Å². The summed E-state index contributed by atoms with van der Waals surface area (Å²) in [5, 5.41) is 23.5. The molecule has 0 bridgehead atoms. The number of aromatic hydroxyl groups is 1. The van der Waals surface area contributed by atoms with Gasteiger partial charge in [-0.05, 0) is 56.8 Å². The Morgan fingerprint density at radius 1 is 1.38 bits per heavy atom. The van der Waals surface area contributed by atoms with Crippen LogP contribution in [0, 0.1) is 16.0 Å². The van der Waals surface area contributed by atoms with E-state index in [2.05, 4.69) is 10.2 Å². The summed E-state index contributed by atoms with van der Waals surface area (Å²) in [5.74, 6) is 0.626. The van der Waals surface area contributed by atoms with E-state index >= 15 is 0 Å². The van der Waals surface area contributed by atoms with E-state index in [-0.39, 0.29) is 11.4 Å². The van der Waals surface area contributed by atoms with Crippen molar-refractivity contribution in [3.63, 3.8) is 0 Å². The first-order valence-corrected chi connectivity index (χ1v) is 7.60. The molecule has 6 nitrogen and oxygen atoms in total. The minimum Gasteiger partial charge on any atom is -0.508 e. The maximum absolute atomic E-state index is 11.0. The van der Waals surface area contributed by atoms with E-state index in [1.807, 2.05) is 0 Å². The van der Waals surface area contributed by atoms with E-state index < -0.39 is 4.92 Å². The highest BCUT2D eigenvalue weighted by atomic mass is 16.6. The lowest BCUT2D eigenvalue weighted by atomic mass is 9.95. The highest BCUT2D eigenvalue weighted by Crippen LogP contribution is 2.35. The first kappa shape index (κ1) is 14.1. The fraction of sp³-hybridized carbons (Fsp3) is 0.600. The van der Waals surface area contributed by atoms with E-state index in [1.165, 1.54) is 44.5 Å². The van der Waals surface area contributed by atoms with Crippen molar-refractivity contribution in [1.29, 1.82) is 0 Å². The van der Waals surface area contributed by atoms with E-state index in [0.29, 0.717) is 11.6 Å². The normalized spacial score (nSPS) is 25.0. The number of nitrogens with one attached hydrogen (secondary N) is 1. The summed E-state index contributed by atoms with van der Waals surface area (Å²) in [6, 6.07) is 4.96. The maximum atomic E-state index is 11.0. The van der Waals surface area contributed by atoms with Gasteiger partial charge in [-0.25, -0.2) is 0 Å². The third-order valence-corrected chi connectivity index (χ3v) is 4.75. The number of anilines is 1. The summed E-state index contributed by atoms with van der Waals surface area (Å²) in [5.41, 5.74) is 0.419. The van der Waals surface area contributed by atoms with E-state index in [4.69, 9.17) is 0 Å². The first-order chi connectivity index (χ1) is 10.1. The van der Waals surface area contributed by atoms with Crippen LogP contribution in [-0.4, -0.2) is 40.6 Å². The Balaban J connectivity index is 1.57. The van der Waals surface area contributed by atoms with Crippen molar-refractivity contribution < 1.29 is 10.0 Å². The molecule has 2 aliphatic heterocycles. The van der Waals surface area contributed by atoms with Crippen molar-refractivity contribution in [3.05, 3.63) is 28.3 Å². The van der Waals surface area contributed by atoms with Crippen molar-refractivity contribution in [2.75, 3.05) is 25.0 Å². The van der Waals surface area contributed by atoms with Crippen molar-refractivity contribution in [3.8, 4) is 5.75 Å². The van der Waals surface area contributed by atoms with Gasteiger partial charge in [0, 0.05) is 12.6 Å². The summed E-state index contributed by atoms with van der Waals surface area (Å²) in [4.78, 5) is 13.1. The molecule has 114 valence electrons. The molecule has 2 saturated heterocycles. The number of rotatable bonds is 5. The Morgan fingerprint density at radius 2 is 2.24 bits per heavy atom. The molecule has 2 heterocycles. The topological polar surface area (TPSA) is 78.6 Å². The molecule has 2 atom stereocenters. The SMILES string of the molecule is O=[N+]([O-])c1cc(O)ccc1NCCC1CCN2CCCC12. The van der Waals surface area contributed by atoms with Gasteiger partial charge in [-0.2, -0.15) is 0 Å². The van der Waals surface area contributed by atoms with Crippen LogP contribution in [0.1, 0.15) is 25.7 Å². The Labute approximate surface area is 123 Å². The molecule has 0 aromatic heterocycles. The summed E-state index contributed by atoms with van der Waals surface area (Å²) < 4.78 is 0. The van der Waals surface area contributed by atoms with Crippen LogP contribution in [0.2, 0.25) is 0 Å². The van der Waals surface area contributed by atoms with Crippen molar-refractivity contribution >= 4 is 11.4 Å². The van der Waals surface area contributed by atoms with Crippen molar-refractivity contribution in [2.45, 2.75) is 31.7 Å². The average molecular weight is 291 g/mol. The number of hydrogen-bond acceptors (Lipinski definition) is 5. The number of hydrogen-bond donors (Lipinski definition) is 2. The Hall–Kier alpha value is -1.82. The smallest absolute Gasteiger partial charge is 0.296 e. The first-order valence-electron chi connectivity index (χ1n) is 7.60. The molecule has 6 heteroatoms. The number of phenolic OH excluding ortho intramolecular Hbond substituents is 1. The van der Waals surface area contributed by atoms with Gasteiger partial charge >= 0.3 is 0 Å². The molecule has 3 rings (SSSR count). The highest BCUT2D eigenvalue weighted by molar-refractivity contribution is 5.63. The Kier molecular flexibility index (Phi) is 3.96. The predicted octanol–water partition coefficient (Wildman–Crippen LogP) is 2.59. The molecule has 21 heavy (non-hydrogen) atoms. The zero-order valence-corrected chi connectivity index (χ0v) is 12.0. The molecule has 0 saturated carbocycles. The molecular formula is C15H21N3O3. The maximum Gasteiger partial charge on any atom is 0.296 e. The quantitative estimate of drug-likeness (QED) is 0.495. The number of benzene rings is 1. The van der Waals surface area contributed by atoms with Crippen LogP contribution in [0.15, 0.2) is 18.2 Å². The van der Waals surface area contributed by atoms with Gasteiger partial charge in [0.2, 0.25) is 0 Å². The molecule has 2 fully saturated rings. The highest BCUT2D eigenvalue weighted by Gasteiger charge is 2.36. The third-order valence-electron chi connectivity index (χ3n) is 4.75. The standard InChI is InChI=1S/C15H21N3O3/c19-12-3-4-13(15(10-12)18(20)21)16-7-5-11-6-9-17-8-1-2-14(11)17/h3-4,10-11,14,16,19H,1-2,5-9H2. The largest absolute Gasteiger partial charge is 0.508 e. The summed E-state index contributed by atoms with van der Waals surface area (Å²) in [7, 11) is 0. The molecule has 1 aromatic rings. The molecule has 2 N–H and O–H groups in total. The second-order valence-corrected chi connectivity index (χ2v) is 5.97. The summed E-state index contributed by atoms with van der Waals surface area (Å²) >= 11 is 0. The number of nitro benzene ring substituents is 1. The fourth-order valence-corrected chi connectivity index (χ4v) is 3.74. The van der Waals surface area contributed by atoms with Crippen molar-refractivity contribution in [1.82, 2.24) is 4.90 Å². The van der Waals surface area contributed by atoms with Gasteiger partial charge < -0.3 is 15.3 Å². The van der Waals surface area contributed by atoms with Crippen LogP contribution < -0.4 is 5.32 Å². The Bertz CT molecular complexity index is 535. The summed E-state index contributed by atoms with van der Waals surface area (Å²) in [6.07, 6.45) is 4.88. The molecule has 0 spiro atoms. The number of nitrogens with zero attached hydrogens (tertiary/aromatic N) is 2. The number of fused-ring (bicyclic) bond motifs is 1. The van der Waals surface area contributed by atoms with E-state index in [1.54, 1.807) is 6.07 Å². The van der Waals surface area contributed by atoms with Crippen molar-refractivity contribution in [2.24, 2.45) is 5.92 Å². The van der Waals surface area contributed by atoms with E-state index in [0.717, 1.165) is 19.0 Å². The van der Waals surface area contributed by atoms with Crippen LogP contribution >= 0.6 is 0 Å². The monoisotopic (exact) mass is 291 g/mol. The van der Waals surface area contributed by atoms with Gasteiger partial charge in [0.25, 0.3) is 5.69 Å². The van der Waals surface area contributed by atoms with Crippen LogP contribution in [0.5, 0.6) is 5.75 Å². The lowest BCUT2D eigenvalue weighted by Gasteiger charge is -2.20. The van der Waals surface area contributed by atoms with Gasteiger partial charge in [0.15, 0.2) is 0 Å². The molecule has 2 aliphatic rings. The summed E-state index contributed by atoms with van der Waals surface area (Å²) in [6.45, 7) is 3.17. The van der Waals surface area contributed by atoms with Crippen LogP contribution in [-0.2, 0) is 0 Å². The molecular weight excluding hydrogens is 270 g/mol. The fourth-order valence-electron chi connectivity index (χ4n) is 3.74. The molecule has 0 aliphatic carbocycles. The van der Waals surface area contributed by atoms with Crippen LogP contribution in [0.3, 0.4) is 0 Å². The van der Waals surface area contributed by atoms with E-state index in [9.17, 15) is 15.2 Å². The molecule has 0 amide bonds. The third kappa shape index (κ3) is 2.95. The van der Waals surface area contributed by atoms with Gasteiger partial charge in [0.05, 0.1) is 11.0 Å². The van der Waals surface area contributed by atoms with Gasteiger partial charge in [-0.1, -0.05) is 0 Å². The molecule has 2 unspecified atom stereocenters. The average Bonchev–Trinajstić information content (AvgIpc) is 3.04. The second kappa shape index (κ2) is 5.89. The minimum atomic E-state index is -0.462. The lowest BCUT2D eigenvalue weighted by Crippen LogP contribution is -2.26. The second-order valence-electron chi connectivity index (χ2n) is 5.97. The van der Waals surface area contributed by atoms with Gasteiger partial charge in [0.1, 0.15) is 11.4 Å². The zero-order chi connectivity index (χ0) is 14.8. The molecule has 0 radical (unpaired) electrons. The van der Waals surface area contributed by atoms with Crippen LogP contribution in [0.25, 0.3) is 0 Å². The Morgan fingerprint density at radius 3 is 3.05 bits per heavy atom. The van der Waals surface area contributed by atoms with Crippen LogP contribution in [0.4, 0.5) is 11.4 Å². The lowest BCUT2D eigenvalue weighted by molar-refractivity contribution is -0.384.